The molecule has 1 aromatic carbocycles. The topological polar surface area (TPSA) is 142 Å². The van der Waals surface area contributed by atoms with Gasteiger partial charge in [-0.15, -0.1) is 0 Å². The number of hydrogen-bond acceptors (Lipinski definition) is 7. The first-order chi connectivity index (χ1) is 20.2. The summed E-state index contributed by atoms with van der Waals surface area (Å²) >= 11 is 0. The number of amides is 4. The number of anilines is 1. The summed E-state index contributed by atoms with van der Waals surface area (Å²) in [6.45, 7) is 13.5. The van der Waals surface area contributed by atoms with E-state index in [4.69, 9.17) is 14.6 Å². The van der Waals surface area contributed by atoms with Crippen molar-refractivity contribution in [1.82, 2.24) is 29.3 Å². The van der Waals surface area contributed by atoms with Gasteiger partial charge in [0.15, 0.2) is 0 Å². The van der Waals surface area contributed by atoms with Crippen molar-refractivity contribution in [3.8, 4) is 0 Å². The predicted octanol–water partition coefficient (Wildman–Crippen LogP) is 4.37. The summed E-state index contributed by atoms with van der Waals surface area (Å²) in [6, 6.07) is 6.69. The molecule has 2 fully saturated rings. The zero-order valence-corrected chi connectivity index (χ0v) is 25.7. The van der Waals surface area contributed by atoms with E-state index in [-0.39, 0.29) is 29.7 Å². The highest BCUT2D eigenvalue weighted by Gasteiger charge is 2.31. The molecule has 0 saturated carbocycles. The Hall–Kier alpha value is -4.29. The van der Waals surface area contributed by atoms with Crippen molar-refractivity contribution in [1.29, 1.82) is 0 Å². The van der Waals surface area contributed by atoms with Gasteiger partial charge in [-0.1, -0.05) is 6.07 Å². The second-order valence-corrected chi connectivity index (χ2v) is 13.1. The number of aromatic nitrogens is 3. The number of hydrogen-bond donors (Lipinski definition) is 2. The van der Waals surface area contributed by atoms with Crippen LogP contribution in [-0.2, 0) is 9.47 Å². The molecule has 2 aliphatic rings. The lowest BCUT2D eigenvalue weighted by Gasteiger charge is -2.35. The normalized spacial score (nSPS) is 16.9. The highest BCUT2D eigenvalue weighted by Crippen LogP contribution is 2.32. The van der Waals surface area contributed by atoms with Gasteiger partial charge in [-0.25, -0.2) is 18.9 Å². The maximum absolute atomic E-state index is 13.3. The fraction of sp³-hybridized carbons (Fsp3) is 0.567. The summed E-state index contributed by atoms with van der Waals surface area (Å²) in [6.07, 6.45) is 0.595. The first-order valence-corrected chi connectivity index (χ1v) is 14.7. The average molecular weight is 596 g/mol. The first kappa shape index (κ1) is 30.2. The van der Waals surface area contributed by atoms with E-state index in [9.17, 15) is 19.2 Å². The van der Waals surface area contributed by atoms with Crippen molar-refractivity contribution in [2.75, 3.05) is 44.6 Å². The monoisotopic (exact) mass is 595 g/mol. The molecule has 2 aromatic heterocycles. The molecular formula is C30H41N7O6. The molecule has 43 heavy (non-hydrogen) atoms. The number of H-pyrrole nitrogens is 1. The minimum atomic E-state index is -0.586. The quantitative estimate of drug-likeness (QED) is 0.448. The van der Waals surface area contributed by atoms with Gasteiger partial charge in [0.05, 0.1) is 22.3 Å². The molecule has 0 unspecified atom stereocenters. The second kappa shape index (κ2) is 11.4. The molecule has 4 heterocycles. The number of urea groups is 1. The molecule has 0 spiro atoms. The lowest BCUT2D eigenvalue weighted by Crippen LogP contribution is -2.52. The van der Waals surface area contributed by atoms with E-state index in [1.807, 2.05) is 53.7 Å². The van der Waals surface area contributed by atoms with Gasteiger partial charge >= 0.3 is 18.2 Å². The van der Waals surface area contributed by atoms with Crippen LogP contribution in [0.1, 0.15) is 66.0 Å². The van der Waals surface area contributed by atoms with Crippen molar-refractivity contribution < 1.29 is 23.9 Å². The van der Waals surface area contributed by atoms with Gasteiger partial charge < -0.3 is 34.5 Å². The molecule has 5 rings (SSSR count). The standard InChI is InChI=1S/C30H41N7O6/c1-29(2,3)42-27(40)35-12-10-19(11-13-35)22-18-23(38)32-25-24-20(8-7-9-21(24)33-37(22)25)31-26(39)34-14-16-36(17-15-34)28(41)43-30(4,5)6/h7-9,18-19H,10-17H2,1-6H3,(H,31,39)(H,32,38). The molecule has 0 aliphatic carbocycles. The average Bonchev–Trinajstić information content (AvgIpc) is 3.30. The highest BCUT2D eigenvalue weighted by molar-refractivity contribution is 6.07. The number of nitrogens with zero attached hydrogens (tertiary/aromatic N) is 5. The van der Waals surface area contributed by atoms with Crippen LogP contribution in [0.4, 0.5) is 20.1 Å². The number of aromatic amines is 1. The summed E-state index contributed by atoms with van der Waals surface area (Å²) in [5.74, 6) is 0.0112. The van der Waals surface area contributed by atoms with Crippen LogP contribution in [0.2, 0.25) is 0 Å². The summed E-state index contributed by atoms with van der Waals surface area (Å²) in [5.41, 5.74) is 0.993. The lowest BCUT2D eigenvalue weighted by molar-refractivity contribution is 0.0171. The molecule has 232 valence electrons. The zero-order chi connectivity index (χ0) is 31.1. The minimum Gasteiger partial charge on any atom is -0.444 e. The van der Waals surface area contributed by atoms with Gasteiger partial charge in [-0.2, -0.15) is 5.10 Å². The Labute approximate surface area is 250 Å². The summed E-state index contributed by atoms with van der Waals surface area (Å²) in [5, 5.41) is 8.41. The van der Waals surface area contributed by atoms with E-state index in [0.29, 0.717) is 74.3 Å². The first-order valence-electron chi connectivity index (χ1n) is 14.7. The Morgan fingerprint density at radius 3 is 2.00 bits per heavy atom. The summed E-state index contributed by atoms with van der Waals surface area (Å²) in [4.78, 5) is 58.9. The number of fused-ring (bicyclic) bond motifs is 3. The van der Waals surface area contributed by atoms with Crippen LogP contribution in [0.25, 0.3) is 16.6 Å². The number of piperazine rings is 1. The van der Waals surface area contributed by atoms with Crippen LogP contribution in [0.15, 0.2) is 29.1 Å². The van der Waals surface area contributed by atoms with Crippen molar-refractivity contribution in [2.24, 2.45) is 0 Å². The number of piperidine rings is 1. The number of carbonyl (C=O) groups excluding carboxylic acids is 3. The maximum atomic E-state index is 13.3. The third-order valence-electron chi connectivity index (χ3n) is 7.49. The maximum Gasteiger partial charge on any atom is 0.410 e. The van der Waals surface area contributed by atoms with E-state index in [0.717, 1.165) is 5.69 Å². The van der Waals surface area contributed by atoms with Gasteiger partial charge in [0.2, 0.25) is 0 Å². The summed E-state index contributed by atoms with van der Waals surface area (Å²) in [7, 11) is 0. The van der Waals surface area contributed by atoms with E-state index in [2.05, 4.69) is 10.3 Å². The molecule has 0 atom stereocenters. The molecule has 2 N–H and O–H groups in total. The Kier molecular flexibility index (Phi) is 8.01. The van der Waals surface area contributed by atoms with Crippen LogP contribution >= 0.6 is 0 Å². The lowest BCUT2D eigenvalue weighted by atomic mass is 9.93. The molecule has 2 saturated heterocycles. The zero-order valence-electron chi connectivity index (χ0n) is 25.7. The van der Waals surface area contributed by atoms with Crippen LogP contribution in [0.3, 0.4) is 0 Å². The molecule has 0 radical (unpaired) electrons. The number of rotatable bonds is 2. The molecule has 13 heteroatoms. The largest absolute Gasteiger partial charge is 0.444 e. The van der Waals surface area contributed by atoms with E-state index < -0.39 is 11.2 Å². The molecule has 3 aromatic rings. The third kappa shape index (κ3) is 6.86. The van der Waals surface area contributed by atoms with Crippen molar-refractivity contribution in [3.05, 3.63) is 40.3 Å². The Morgan fingerprint density at radius 2 is 1.42 bits per heavy atom. The fourth-order valence-corrected chi connectivity index (χ4v) is 5.48. The molecular weight excluding hydrogens is 554 g/mol. The smallest absolute Gasteiger partial charge is 0.410 e. The molecule has 4 amide bonds. The third-order valence-corrected chi connectivity index (χ3v) is 7.49. The molecule has 0 bridgehead atoms. The van der Waals surface area contributed by atoms with Crippen LogP contribution in [-0.4, -0.2) is 98.0 Å². The molecule has 13 nitrogen and oxygen atoms in total. The van der Waals surface area contributed by atoms with Crippen molar-refractivity contribution in [3.63, 3.8) is 0 Å². The van der Waals surface area contributed by atoms with E-state index in [1.165, 1.54) is 0 Å². The van der Waals surface area contributed by atoms with Gasteiger partial charge in [0.25, 0.3) is 5.56 Å². The van der Waals surface area contributed by atoms with Crippen LogP contribution in [0, 0.1) is 0 Å². The number of ether oxygens (including phenoxy) is 2. The number of benzene rings is 1. The van der Waals surface area contributed by atoms with E-state index >= 15 is 0 Å². The Balaban J connectivity index is 1.32. The number of nitrogens with one attached hydrogen (secondary N) is 2. The van der Waals surface area contributed by atoms with Crippen LogP contribution in [0.5, 0.6) is 0 Å². The Bertz CT molecular complexity index is 1580. The number of likely N-dealkylation sites (tertiary alicyclic amines) is 1. The van der Waals surface area contributed by atoms with E-state index in [1.54, 1.807) is 31.3 Å². The van der Waals surface area contributed by atoms with Gasteiger partial charge in [0.1, 0.15) is 16.8 Å². The predicted molar refractivity (Wildman–Crippen MR) is 161 cm³/mol. The van der Waals surface area contributed by atoms with Gasteiger partial charge in [0, 0.05) is 51.3 Å². The highest BCUT2D eigenvalue weighted by atomic mass is 16.6. The SMILES string of the molecule is CC(C)(C)OC(=O)N1CCC(c2cc(=O)[nH]c3c4c(NC(=O)N5CCN(C(=O)OC(C)(C)C)CC5)cccc4nn23)CC1. The van der Waals surface area contributed by atoms with Crippen LogP contribution < -0.4 is 10.9 Å². The van der Waals surface area contributed by atoms with Crippen molar-refractivity contribution in [2.45, 2.75) is 71.5 Å². The van der Waals surface area contributed by atoms with Gasteiger partial charge in [-0.05, 0) is 66.5 Å². The minimum absolute atomic E-state index is 0.0112. The summed E-state index contributed by atoms with van der Waals surface area (Å²) < 4.78 is 12.7. The van der Waals surface area contributed by atoms with Crippen molar-refractivity contribution >= 4 is 40.5 Å². The number of carbonyl (C=O) groups is 3. The Morgan fingerprint density at radius 1 is 0.860 bits per heavy atom. The second-order valence-electron chi connectivity index (χ2n) is 13.1. The fourth-order valence-electron chi connectivity index (χ4n) is 5.48. The molecule has 2 aliphatic heterocycles. The van der Waals surface area contributed by atoms with Gasteiger partial charge in [-0.3, -0.25) is 4.79 Å².